The summed E-state index contributed by atoms with van der Waals surface area (Å²) in [5.41, 5.74) is 22.7. The average Bonchev–Trinajstić information content (AvgIpc) is 3.76. The van der Waals surface area contributed by atoms with Crippen molar-refractivity contribution in [3.8, 4) is 56.0 Å². The number of benzene rings is 9. The summed E-state index contributed by atoms with van der Waals surface area (Å²) in [4.78, 5) is 2.47. The second-order valence-electron chi connectivity index (χ2n) is 21.7. The zero-order chi connectivity index (χ0) is 46.7. The number of anilines is 3. The Hall–Kier alpha value is -7.42. The van der Waals surface area contributed by atoms with Crippen molar-refractivity contribution in [2.75, 3.05) is 4.90 Å². The van der Waals surface area contributed by atoms with Gasteiger partial charge in [-0.3, -0.25) is 0 Å². The third kappa shape index (κ3) is 6.30. The van der Waals surface area contributed by atoms with E-state index in [0.717, 1.165) is 45.3 Å². The normalized spacial score (nSPS) is 14.5. The lowest BCUT2D eigenvalue weighted by Crippen LogP contribution is -2.33. The molecule has 0 amide bonds. The summed E-state index contributed by atoms with van der Waals surface area (Å²) in [6, 6.07) is 74.9. The van der Waals surface area contributed by atoms with Gasteiger partial charge in [0, 0.05) is 33.5 Å². The van der Waals surface area contributed by atoms with Gasteiger partial charge in [-0.25, -0.2) is 0 Å². The highest BCUT2D eigenvalue weighted by Gasteiger charge is 2.52. The van der Waals surface area contributed by atoms with Crippen LogP contribution in [-0.2, 0) is 21.7 Å². The van der Waals surface area contributed by atoms with Gasteiger partial charge in [0.1, 0.15) is 11.5 Å². The third-order valence-electron chi connectivity index (χ3n) is 15.3. The zero-order valence-corrected chi connectivity index (χ0v) is 40.4. The second kappa shape index (κ2) is 15.0. The molecule has 1 heterocycles. The van der Waals surface area contributed by atoms with Gasteiger partial charge in [0.25, 0.3) is 0 Å². The van der Waals surface area contributed by atoms with Crippen LogP contribution in [0.5, 0.6) is 11.5 Å². The van der Waals surface area contributed by atoms with Crippen molar-refractivity contribution in [1.82, 2.24) is 0 Å². The van der Waals surface area contributed by atoms with E-state index in [2.05, 4.69) is 260 Å². The first-order chi connectivity index (χ1) is 32.7. The monoisotopic (exact) mass is 879 g/mol. The molecule has 1 aliphatic heterocycles. The van der Waals surface area contributed by atoms with E-state index in [1.807, 2.05) is 0 Å². The summed E-state index contributed by atoms with van der Waals surface area (Å²) in [6.07, 6.45) is 0. The molecular formula is C66H57NO. The molecule has 332 valence electrons. The standard InChI is InChI=1S/C66H57NO/c1-63(2,3)45-29-34-52-53-35-30-46(64(4,5)6)40-58(53)66(57(52)39-45)55-23-15-17-25-61(55)68-62-37-28-44(38-59(62)66)49-20-13-16-24-60(49)67(47-31-26-43(27-32-47)42-18-10-9-11-19-42)48-33-36-51-50-21-12-14-22-54(50)65(7,8)56(51)41-48/h9-41H,1-8H3. The average molecular weight is 880 g/mol. The minimum Gasteiger partial charge on any atom is -0.457 e. The summed E-state index contributed by atoms with van der Waals surface area (Å²) in [6.45, 7) is 18.7. The van der Waals surface area contributed by atoms with Crippen LogP contribution in [0, 0.1) is 0 Å². The molecule has 3 aliphatic rings. The fourth-order valence-corrected chi connectivity index (χ4v) is 11.7. The summed E-state index contributed by atoms with van der Waals surface area (Å²) in [5.74, 6) is 1.79. The summed E-state index contributed by atoms with van der Waals surface area (Å²) in [5, 5.41) is 0. The maximum absolute atomic E-state index is 7.02. The Labute approximate surface area is 402 Å². The van der Waals surface area contributed by atoms with Gasteiger partial charge in [0.05, 0.1) is 11.1 Å². The minimum absolute atomic E-state index is 0.0474. The quantitative estimate of drug-likeness (QED) is 0.171. The van der Waals surface area contributed by atoms with Gasteiger partial charge in [-0.15, -0.1) is 0 Å². The molecule has 9 aromatic rings. The number of fused-ring (bicyclic) bond motifs is 12. The Kier molecular flexibility index (Phi) is 9.29. The molecule has 0 N–H and O–H groups in total. The first-order valence-electron chi connectivity index (χ1n) is 24.2. The number of ether oxygens (including phenoxy) is 1. The Morgan fingerprint density at radius 2 is 0.853 bits per heavy atom. The number of hydrogen-bond donors (Lipinski definition) is 0. The fraction of sp³-hybridized carbons (Fsp3) is 0.182. The molecule has 0 saturated heterocycles. The molecule has 0 bridgehead atoms. The SMILES string of the molecule is CC(C)(C)c1ccc2c(c1)C1(c3ccccc3Oc3ccc(-c4ccccc4N(c4ccc(-c5ccccc5)cc4)c4ccc5c(c4)C(C)(C)c4ccccc4-5)cc31)c1cc(C(C)(C)C)ccc1-2. The van der Waals surface area contributed by atoms with Crippen molar-refractivity contribution in [3.05, 3.63) is 245 Å². The lowest BCUT2D eigenvalue weighted by atomic mass is 9.64. The molecule has 0 unspecified atom stereocenters. The van der Waals surface area contributed by atoms with Gasteiger partial charge >= 0.3 is 0 Å². The fourth-order valence-electron chi connectivity index (χ4n) is 11.7. The Morgan fingerprint density at radius 3 is 1.53 bits per heavy atom. The van der Waals surface area contributed by atoms with Crippen LogP contribution >= 0.6 is 0 Å². The van der Waals surface area contributed by atoms with E-state index in [1.54, 1.807) is 0 Å². The zero-order valence-electron chi connectivity index (χ0n) is 40.4. The van der Waals surface area contributed by atoms with Crippen molar-refractivity contribution in [2.24, 2.45) is 0 Å². The first-order valence-corrected chi connectivity index (χ1v) is 24.2. The van der Waals surface area contributed by atoms with Gasteiger partial charge in [-0.2, -0.15) is 0 Å². The van der Waals surface area contributed by atoms with Crippen LogP contribution in [0.3, 0.4) is 0 Å². The van der Waals surface area contributed by atoms with E-state index in [9.17, 15) is 0 Å². The second-order valence-corrected chi connectivity index (χ2v) is 21.7. The maximum Gasteiger partial charge on any atom is 0.132 e. The van der Waals surface area contributed by atoms with Crippen LogP contribution in [0.1, 0.15) is 99.9 Å². The predicted octanol–water partition coefficient (Wildman–Crippen LogP) is 17.9. The van der Waals surface area contributed by atoms with Crippen LogP contribution in [0.15, 0.2) is 200 Å². The van der Waals surface area contributed by atoms with Crippen LogP contribution in [0.4, 0.5) is 17.1 Å². The Morgan fingerprint density at radius 1 is 0.353 bits per heavy atom. The molecule has 1 spiro atoms. The minimum atomic E-state index is -0.629. The van der Waals surface area contributed by atoms with Crippen molar-refractivity contribution in [3.63, 3.8) is 0 Å². The summed E-state index contributed by atoms with van der Waals surface area (Å²) >= 11 is 0. The molecule has 2 nitrogen and oxygen atoms in total. The van der Waals surface area contributed by atoms with Gasteiger partial charge in [0.15, 0.2) is 0 Å². The van der Waals surface area contributed by atoms with E-state index < -0.39 is 5.41 Å². The van der Waals surface area contributed by atoms with E-state index in [1.165, 1.54) is 72.3 Å². The van der Waals surface area contributed by atoms with Crippen molar-refractivity contribution < 1.29 is 4.74 Å². The highest BCUT2D eigenvalue weighted by Crippen LogP contribution is 2.63. The van der Waals surface area contributed by atoms with Crippen molar-refractivity contribution in [2.45, 2.75) is 77.0 Å². The number of nitrogens with zero attached hydrogens (tertiary/aromatic N) is 1. The molecule has 0 saturated carbocycles. The Balaban J connectivity index is 1.10. The van der Waals surface area contributed by atoms with E-state index in [-0.39, 0.29) is 16.2 Å². The van der Waals surface area contributed by atoms with E-state index >= 15 is 0 Å². The number of para-hydroxylation sites is 2. The molecule has 0 aromatic heterocycles. The van der Waals surface area contributed by atoms with Crippen molar-refractivity contribution in [1.29, 1.82) is 0 Å². The highest BCUT2D eigenvalue weighted by molar-refractivity contribution is 5.94. The predicted molar refractivity (Wildman–Crippen MR) is 284 cm³/mol. The molecule has 2 aliphatic carbocycles. The van der Waals surface area contributed by atoms with Crippen LogP contribution in [0.2, 0.25) is 0 Å². The first kappa shape index (κ1) is 42.0. The molecule has 68 heavy (non-hydrogen) atoms. The highest BCUT2D eigenvalue weighted by atomic mass is 16.5. The van der Waals surface area contributed by atoms with Crippen LogP contribution in [-0.4, -0.2) is 0 Å². The van der Waals surface area contributed by atoms with Gasteiger partial charge in [0.2, 0.25) is 0 Å². The number of hydrogen-bond acceptors (Lipinski definition) is 2. The molecule has 0 radical (unpaired) electrons. The molecule has 2 heteroatoms. The molecule has 0 fully saturated rings. The largest absolute Gasteiger partial charge is 0.457 e. The summed E-state index contributed by atoms with van der Waals surface area (Å²) in [7, 11) is 0. The topological polar surface area (TPSA) is 12.5 Å². The van der Waals surface area contributed by atoms with Crippen molar-refractivity contribution >= 4 is 17.1 Å². The molecule has 0 atom stereocenters. The van der Waals surface area contributed by atoms with Gasteiger partial charge < -0.3 is 9.64 Å². The smallest absolute Gasteiger partial charge is 0.132 e. The van der Waals surface area contributed by atoms with Crippen LogP contribution < -0.4 is 9.64 Å². The Bertz CT molecular complexity index is 3400. The van der Waals surface area contributed by atoms with E-state index in [0.29, 0.717) is 0 Å². The van der Waals surface area contributed by atoms with Gasteiger partial charge in [-0.1, -0.05) is 207 Å². The molecule has 9 aromatic carbocycles. The van der Waals surface area contributed by atoms with E-state index in [4.69, 9.17) is 4.74 Å². The number of rotatable bonds is 5. The lowest BCUT2D eigenvalue weighted by molar-refractivity contribution is 0.436. The van der Waals surface area contributed by atoms with Gasteiger partial charge in [-0.05, 0) is 132 Å². The third-order valence-corrected chi connectivity index (χ3v) is 15.3. The molecular weight excluding hydrogens is 823 g/mol. The summed E-state index contributed by atoms with van der Waals surface area (Å²) < 4.78 is 7.02. The molecule has 12 rings (SSSR count). The maximum atomic E-state index is 7.02. The lowest BCUT2D eigenvalue weighted by Gasteiger charge is -2.40. The van der Waals surface area contributed by atoms with Crippen LogP contribution in [0.25, 0.3) is 44.5 Å².